The smallest absolute Gasteiger partial charge is 0.548 e. The van der Waals surface area contributed by atoms with Crippen molar-refractivity contribution in [2.24, 2.45) is 11.5 Å². The molecule has 0 aliphatic carbocycles. The molecule has 0 saturated heterocycles. The summed E-state index contributed by atoms with van der Waals surface area (Å²) in [6.45, 7) is 0. The minimum absolute atomic E-state index is 0. The van der Waals surface area contributed by atoms with Gasteiger partial charge in [0.15, 0.2) is 0 Å². The maximum atomic E-state index is 9.74. The number of rotatable bonds is 6. The van der Waals surface area contributed by atoms with Crippen molar-refractivity contribution in [1.82, 2.24) is 0 Å². The average molecular weight is 325 g/mol. The van der Waals surface area contributed by atoms with Gasteiger partial charge in [-0.2, -0.15) is 0 Å². The van der Waals surface area contributed by atoms with Crippen LogP contribution >= 0.6 is 0 Å². The Labute approximate surface area is 134 Å². The molecule has 0 heterocycles. The van der Waals surface area contributed by atoms with Crippen molar-refractivity contribution < 1.29 is 50.6 Å². The van der Waals surface area contributed by atoms with Gasteiger partial charge in [0.05, 0.1) is 36.9 Å². The van der Waals surface area contributed by atoms with E-state index in [1.54, 1.807) is 0 Å². The van der Waals surface area contributed by atoms with E-state index < -0.39 is 48.8 Å². The zero-order valence-corrected chi connectivity index (χ0v) is 12.2. The van der Waals surface area contributed by atoms with E-state index in [1.807, 2.05) is 0 Å². The zero-order chi connectivity index (χ0) is 14.9. The molecule has 0 saturated carbocycles. The fourth-order valence-corrected chi connectivity index (χ4v) is 0.543. The number of hydrogen-bond donors (Lipinski definition) is 4. The van der Waals surface area contributed by atoms with Crippen LogP contribution in [0.25, 0.3) is 0 Å². The second-order valence-corrected chi connectivity index (χ2v) is 3.05. The van der Waals surface area contributed by atoms with Crippen molar-refractivity contribution >= 4 is 46.9 Å². The summed E-state index contributed by atoms with van der Waals surface area (Å²) in [5.74, 6) is -5.58. The summed E-state index contributed by atoms with van der Waals surface area (Å²) in [5.41, 5.74) is 9.55. The number of hydrogen-bond acceptors (Lipinski definition) is 8. The van der Waals surface area contributed by atoms with Crippen LogP contribution in [0.2, 0.25) is 0 Å². The van der Waals surface area contributed by atoms with Gasteiger partial charge in [-0.05, 0) is 0 Å². The van der Waals surface area contributed by atoms with Gasteiger partial charge in [-0.3, -0.25) is 9.59 Å². The van der Waals surface area contributed by atoms with Gasteiger partial charge in [0.1, 0.15) is 0 Å². The molecule has 2 atom stereocenters. The molecule has 0 bridgehead atoms. The first-order valence-electron chi connectivity index (χ1n) is 4.44. The molecule has 0 unspecified atom stereocenters. The van der Waals surface area contributed by atoms with Crippen molar-refractivity contribution in [3.05, 3.63) is 0 Å². The number of carboxylic acids is 4. The van der Waals surface area contributed by atoms with Gasteiger partial charge in [0, 0.05) is 0 Å². The molecular formula is C8H16MgN2O10. The van der Waals surface area contributed by atoms with Crippen LogP contribution in [0.1, 0.15) is 12.8 Å². The molecule has 120 valence electrons. The van der Waals surface area contributed by atoms with Gasteiger partial charge in [-0.1, -0.05) is 0 Å². The van der Waals surface area contributed by atoms with Gasteiger partial charge in [0.2, 0.25) is 0 Å². The van der Waals surface area contributed by atoms with Crippen LogP contribution in [-0.2, 0) is 19.2 Å². The van der Waals surface area contributed by atoms with Crippen LogP contribution in [0, 0.1) is 0 Å². The number of nitrogens with two attached hydrogens (primary N) is 2. The third-order valence-electron chi connectivity index (χ3n) is 1.39. The minimum Gasteiger partial charge on any atom is -0.548 e. The third-order valence-corrected chi connectivity index (χ3v) is 1.39. The van der Waals surface area contributed by atoms with Crippen LogP contribution < -0.4 is 21.7 Å². The van der Waals surface area contributed by atoms with Crippen LogP contribution in [0.4, 0.5) is 0 Å². The summed E-state index contributed by atoms with van der Waals surface area (Å²) in [4.78, 5) is 39.0. The molecule has 21 heavy (non-hydrogen) atoms. The maximum Gasteiger partial charge on any atom is 2.00 e. The molecule has 10 N–H and O–H groups in total. The summed E-state index contributed by atoms with van der Waals surface area (Å²) in [5, 5.41) is 35.4. The van der Waals surface area contributed by atoms with E-state index in [0.717, 1.165) is 0 Å². The first-order valence-corrected chi connectivity index (χ1v) is 4.44. The molecular weight excluding hydrogens is 308 g/mol. The molecule has 0 aliphatic rings. The molecule has 0 aliphatic heterocycles. The quantitative estimate of drug-likeness (QED) is 0.335. The number of carbonyl (C=O) groups is 4. The average Bonchev–Trinajstić information content (AvgIpc) is 2.16. The summed E-state index contributed by atoms with van der Waals surface area (Å²) in [6, 6.07) is -2.80. The van der Waals surface area contributed by atoms with E-state index in [1.165, 1.54) is 0 Å². The Morgan fingerprint density at radius 2 is 1.00 bits per heavy atom. The van der Waals surface area contributed by atoms with E-state index >= 15 is 0 Å². The molecule has 13 heteroatoms. The predicted octanol–water partition coefficient (Wildman–Crippen LogP) is -6.95. The minimum atomic E-state index is -1.54. The molecule has 0 aromatic carbocycles. The Hall–Kier alpha value is -1.51. The standard InChI is InChI=1S/2C4H7NO4.Mg.2H2O/c2*5-2(4(8)9)1-3(6)7;;;/h2*2H,1,5H2,(H,6,7)(H,8,9);;2*1H2/q;;+2;;/p-2/t2*2-;;;/m00.../s1. The Morgan fingerprint density at radius 1 is 0.810 bits per heavy atom. The number of carbonyl (C=O) groups excluding carboxylic acids is 2. The van der Waals surface area contributed by atoms with Crippen molar-refractivity contribution in [2.45, 2.75) is 24.9 Å². The third kappa shape index (κ3) is 23.9. The van der Waals surface area contributed by atoms with Crippen LogP contribution in [0.5, 0.6) is 0 Å². The molecule has 0 radical (unpaired) electrons. The summed E-state index contributed by atoms with van der Waals surface area (Å²) in [7, 11) is 0. The van der Waals surface area contributed by atoms with Gasteiger partial charge < -0.3 is 52.4 Å². The van der Waals surface area contributed by atoms with E-state index in [-0.39, 0.29) is 34.0 Å². The van der Waals surface area contributed by atoms with E-state index in [4.69, 9.17) is 21.7 Å². The zero-order valence-electron chi connectivity index (χ0n) is 10.8. The van der Waals surface area contributed by atoms with E-state index in [2.05, 4.69) is 0 Å². The first-order chi connectivity index (χ1) is 8.07. The topological polar surface area (TPSA) is 270 Å². The monoisotopic (exact) mass is 324 g/mol. The predicted molar refractivity (Wildman–Crippen MR) is 63.5 cm³/mol. The van der Waals surface area contributed by atoms with Crippen LogP contribution in [0.15, 0.2) is 0 Å². The molecule has 12 nitrogen and oxygen atoms in total. The summed E-state index contributed by atoms with van der Waals surface area (Å²) < 4.78 is 0. The van der Waals surface area contributed by atoms with E-state index in [0.29, 0.717) is 0 Å². The SMILES string of the molecule is N[C@@H](CC(=O)O)C(=O)[O-].N[C@@H](CC(=O)O)C(=O)[O-].O.O.[Mg+2]. The van der Waals surface area contributed by atoms with Gasteiger partial charge >= 0.3 is 35.0 Å². The molecule has 0 fully saturated rings. The summed E-state index contributed by atoms with van der Waals surface area (Å²) in [6.07, 6.45) is -1.19. The van der Waals surface area contributed by atoms with Crippen molar-refractivity contribution in [3.63, 3.8) is 0 Å². The second-order valence-electron chi connectivity index (χ2n) is 3.05. The fourth-order valence-electron chi connectivity index (χ4n) is 0.543. The van der Waals surface area contributed by atoms with Crippen LogP contribution in [-0.4, -0.2) is 80.2 Å². The largest absolute Gasteiger partial charge is 2.00 e. The summed E-state index contributed by atoms with van der Waals surface area (Å²) >= 11 is 0. The Morgan fingerprint density at radius 3 is 1.05 bits per heavy atom. The van der Waals surface area contributed by atoms with Crippen molar-refractivity contribution in [2.75, 3.05) is 0 Å². The van der Waals surface area contributed by atoms with E-state index in [9.17, 15) is 29.4 Å². The molecule has 0 spiro atoms. The molecule has 0 aromatic heterocycles. The molecule has 0 aromatic rings. The normalized spacial score (nSPS) is 10.8. The van der Waals surface area contributed by atoms with Gasteiger partial charge in [0.25, 0.3) is 0 Å². The Bertz CT molecular complexity index is 305. The Balaban J connectivity index is -0.0000000711. The van der Waals surface area contributed by atoms with Crippen LogP contribution in [0.3, 0.4) is 0 Å². The fraction of sp³-hybridized carbons (Fsp3) is 0.500. The first kappa shape index (κ1) is 31.7. The molecule has 0 amide bonds. The Kier molecular flexibility index (Phi) is 25.0. The number of carboxylic acid groups (broad SMARTS) is 4. The van der Waals surface area contributed by atoms with Crippen molar-refractivity contribution in [1.29, 1.82) is 0 Å². The van der Waals surface area contributed by atoms with Crippen molar-refractivity contribution in [3.8, 4) is 0 Å². The molecule has 0 rings (SSSR count). The second kappa shape index (κ2) is 16.5. The maximum absolute atomic E-state index is 9.74. The number of aliphatic carboxylic acids is 4. The van der Waals surface area contributed by atoms with Gasteiger partial charge in [-0.15, -0.1) is 0 Å². The van der Waals surface area contributed by atoms with Gasteiger partial charge in [-0.25, -0.2) is 0 Å².